The molecule has 1 fully saturated rings. The van der Waals surface area contributed by atoms with Gasteiger partial charge in [0.1, 0.15) is 5.75 Å². The van der Waals surface area contributed by atoms with E-state index in [1.807, 2.05) is 0 Å². The number of carbonyl (C=O) groups excluding carboxylic acids is 1. The van der Waals surface area contributed by atoms with Gasteiger partial charge in [-0.2, -0.15) is 0 Å². The zero-order valence-electron chi connectivity index (χ0n) is 7.64. The minimum atomic E-state index is -0.635. The average Bonchev–Trinajstić information content (AvgIpc) is 2.93. The summed E-state index contributed by atoms with van der Waals surface area (Å²) in [6.07, 6.45) is 1.52. The third-order valence-corrected chi connectivity index (χ3v) is 3.42. The van der Waals surface area contributed by atoms with Crippen LogP contribution in [0.4, 0.5) is 5.69 Å². The normalized spacial score (nSPS) is 20.5. The third kappa shape index (κ3) is 1.30. The lowest BCUT2D eigenvalue weighted by Gasteiger charge is -2.25. The van der Waals surface area contributed by atoms with E-state index in [0.29, 0.717) is 21.5 Å². The van der Waals surface area contributed by atoms with Gasteiger partial charge in [-0.05, 0) is 6.07 Å². The van der Waals surface area contributed by atoms with Crippen molar-refractivity contribution < 1.29 is 9.53 Å². The van der Waals surface area contributed by atoms with Crippen LogP contribution in [0.5, 0.6) is 5.75 Å². The Morgan fingerprint density at radius 2 is 1.93 bits per heavy atom. The van der Waals surface area contributed by atoms with Crippen molar-refractivity contribution >= 4 is 34.8 Å². The molecule has 0 aromatic heterocycles. The number of fused-ring (bicyclic) bond motifs is 1. The molecule has 0 radical (unpaired) electrons. The van der Waals surface area contributed by atoms with Gasteiger partial charge in [0.25, 0.3) is 5.91 Å². The number of rotatable bonds is 0. The summed E-state index contributed by atoms with van der Waals surface area (Å²) in [6.45, 7) is 0. The van der Waals surface area contributed by atoms with Gasteiger partial charge in [0.05, 0.1) is 15.7 Å². The van der Waals surface area contributed by atoms with Crippen LogP contribution in [0.15, 0.2) is 12.1 Å². The molecule has 0 unspecified atom stereocenters. The number of nitrogens with one attached hydrogen (secondary N) is 1. The molecule has 1 spiro atoms. The van der Waals surface area contributed by atoms with Crippen LogP contribution in [0.1, 0.15) is 12.8 Å². The highest BCUT2D eigenvalue weighted by molar-refractivity contribution is 6.42. The standard InChI is InChI=1S/C10H7Cl2NO2/c11-5-3-7-8(4-6(5)12)15-10(1-2-10)9(14)13-7/h3-4H,1-2H2,(H,13,14). The van der Waals surface area contributed by atoms with Crippen molar-refractivity contribution in [3.8, 4) is 5.75 Å². The summed E-state index contributed by atoms with van der Waals surface area (Å²) in [5.41, 5.74) is -0.0450. The fourth-order valence-electron chi connectivity index (χ4n) is 1.65. The molecule has 1 aromatic carbocycles. The Morgan fingerprint density at radius 1 is 1.27 bits per heavy atom. The van der Waals surface area contributed by atoms with E-state index in [9.17, 15) is 4.79 Å². The van der Waals surface area contributed by atoms with Crippen molar-refractivity contribution in [2.24, 2.45) is 0 Å². The second-order valence-corrected chi connectivity index (χ2v) is 4.63. The van der Waals surface area contributed by atoms with E-state index >= 15 is 0 Å². The molecular formula is C10H7Cl2NO2. The lowest BCUT2D eigenvalue weighted by Crippen LogP contribution is -2.38. The van der Waals surface area contributed by atoms with E-state index in [4.69, 9.17) is 27.9 Å². The van der Waals surface area contributed by atoms with E-state index in [1.165, 1.54) is 0 Å². The lowest BCUT2D eigenvalue weighted by molar-refractivity contribution is -0.125. The predicted molar refractivity (Wildman–Crippen MR) is 57.7 cm³/mol. The van der Waals surface area contributed by atoms with E-state index < -0.39 is 5.60 Å². The first-order valence-electron chi connectivity index (χ1n) is 4.60. The van der Waals surface area contributed by atoms with Gasteiger partial charge in [0.2, 0.25) is 0 Å². The number of ether oxygens (including phenoxy) is 1. The minimum absolute atomic E-state index is 0.0895. The van der Waals surface area contributed by atoms with Crippen molar-refractivity contribution in [1.29, 1.82) is 0 Å². The summed E-state index contributed by atoms with van der Waals surface area (Å²) in [4.78, 5) is 11.6. The molecule has 1 aliphatic heterocycles. The maximum atomic E-state index is 11.6. The molecule has 1 aliphatic carbocycles. The Morgan fingerprint density at radius 3 is 2.60 bits per heavy atom. The first-order chi connectivity index (χ1) is 7.11. The van der Waals surface area contributed by atoms with Crippen LogP contribution in [0.2, 0.25) is 10.0 Å². The summed E-state index contributed by atoms with van der Waals surface area (Å²) in [5.74, 6) is 0.509. The molecule has 5 heteroatoms. The van der Waals surface area contributed by atoms with E-state index in [1.54, 1.807) is 12.1 Å². The number of benzene rings is 1. The Balaban J connectivity index is 2.09. The molecule has 1 amide bonds. The number of hydrogen-bond donors (Lipinski definition) is 1. The largest absolute Gasteiger partial charge is 0.475 e. The van der Waals surface area contributed by atoms with Gasteiger partial charge in [0.15, 0.2) is 5.60 Å². The van der Waals surface area contributed by atoms with Gasteiger partial charge >= 0.3 is 0 Å². The van der Waals surface area contributed by atoms with Gasteiger partial charge in [0, 0.05) is 18.9 Å². The molecule has 15 heavy (non-hydrogen) atoms. The summed E-state index contributed by atoms with van der Waals surface area (Å²) < 4.78 is 5.62. The summed E-state index contributed by atoms with van der Waals surface area (Å²) in [6, 6.07) is 3.24. The van der Waals surface area contributed by atoms with Gasteiger partial charge in [-0.25, -0.2) is 0 Å². The Hall–Kier alpha value is -0.930. The highest BCUT2D eigenvalue weighted by Gasteiger charge is 2.55. The van der Waals surface area contributed by atoms with Crippen LogP contribution in [-0.2, 0) is 4.79 Å². The van der Waals surface area contributed by atoms with E-state index in [-0.39, 0.29) is 5.91 Å². The number of carbonyl (C=O) groups is 1. The summed E-state index contributed by atoms with van der Waals surface area (Å²) in [5, 5.41) is 3.61. The van der Waals surface area contributed by atoms with Crippen molar-refractivity contribution in [3.63, 3.8) is 0 Å². The second-order valence-electron chi connectivity index (χ2n) is 3.81. The van der Waals surface area contributed by atoms with Gasteiger partial charge in [-0.3, -0.25) is 4.79 Å². The molecule has 78 valence electrons. The van der Waals surface area contributed by atoms with Gasteiger partial charge < -0.3 is 10.1 Å². The first-order valence-corrected chi connectivity index (χ1v) is 5.36. The van der Waals surface area contributed by atoms with Crippen LogP contribution in [0.25, 0.3) is 0 Å². The fraction of sp³-hybridized carbons (Fsp3) is 0.300. The van der Waals surface area contributed by atoms with Crippen LogP contribution >= 0.6 is 23.2 Å². The zero-order chi connectivity index (χ0) is 10.6. The molecule has 2 aliphatic rings. The Labute approximate surface area is 96.3 Å². The summed E-state index contributed by atoms with van der Waals surface area (Å²) in [7, 11) is 0. The Bertz CT molecular complexity index is 469. The minimum Gasteiger partial charge on any atom is -0.475 e. The molecule has 1 N–H and O–H groups in total. The van der Waals surface area contributed by atoms with Crippen molar-refractivity contribution in [2.75, 3.05) is 5.32 Å². The molecule has 0 saturated heterocycles. The number of amides is 1. The highest BCUT2D eigenvalue weighted by Crippen LogP contribution is 2.48. The molecule has 1 aromatic rings. The molecule has 1 saturated carbocycles. The van der Waals surface area contributed by atoms with Crippen LogP contribution in [-0.4, -0.2) is 11.5 Å². The zero-order valence-corrected chi connectivity index (χ0v) is 9.15. The smallest absolute Gasteiger partial charge is 0.268 e. The molecule has 0 atom stereocenters. The monoisotopic (exact) mass is 243 g/mol. The average molecular weight is 244 g/mol. The highest BCUT2D eigenvalue weighted by atomic mass is 35.5. The quantitative estimate of drug-likeness (QED) is 0.761. The molecular weight excluding hydrogens is 237 g/mol. The molecule has 0 bridgehead atoms. The molecule has 1 heterocycles. The SMILES string of the molecule is O=C1Nc2cc(Cl)c(Cl)cc2OC12CC2. The second kappa shape index (κ2) is 2.80. The number of anilines is 1. The van der Waals surface area contributed by atoms with Crippen molar-refractivity contribution in [3.05, 3.63) is 22.2 Å². The lowest BCUT2D eigenvalue weighted by atomic mass is 10.2. The maximum Gasteiger partial charge on any atom is 0.268 e. The van der Waals surface area contributed by atoms with Gasteiger partial charge in [-0.15, -0.1) is 0 Å². The van der Waals surface area contributed by atoms with Crippen molar-refractivity contribution in [1.82, 2.24) is 0 Å². The van der Waals surface area contributed by atoms with Crippen LogP contribution in [0, 0.1) is 0 Å². The predicted octanol–water partition coefficient (Wildman–Crippen LogP) is 2.86. The third-order valence-electron chi connectivity index (χ3n) is 2.69. The summed E-state index contributed by atoms with van der Waals surface area (Å²) >= 11 is 11.7. The van der Waals surface area contributed by atoms with Crippen LogP contribution in [0.3, 0.4) is 0 Å². The van der Waals surface area contributed by atoms with Crippen LogP contribution < -0.4 is 10.1 Å². The van der Waals surface area contributed by atoms with E-state index in [2.05, 4.69) is 5.32 Å². The molecule has 3 nitrogen and oxygen atoms in total. The maximum absolute atomic E-state index is 11.6. The number of hydrogen-bond acceptors (Lipinski definition) is 2. The van der Waals surface area contributed by atoms with Gasteiger partial charge in [-0.1, -0.05) is 23.2 Å². The first kappa shape index (κ1) is 9.31. The Kier molecular flexibility index (Phi) is 1.74. The molecule has 3 rings (SSSR count). The topological polar surface area (TPSA) is 38.3 Å². The van der Waals surface area contributed by atoms with E-state index in [0.717, 1.165) is 12.8 Å². The number of halogens is 2. The fourth-order valence-corrected chi connectivity index (χ4v) is 1.96. The van der Waals surface area contributed by atoms with Crippen molar-refractivity contribution in [2.45, 2.75) is 18.4 Å².